The van der Waals surface area contributed by atoms with Gasteiger partial charge in [0.2, 0.25) is 5.91 Å². The number of amides is 1. The quantitative estimate of drug-likeness (QED) is 0.453. The molecular weight excluding hydrogens is 408 g/mol. The minimum atomic E-state index is -0.0451. The molecule has 0 N–H and O–H groups in total. The molecule has 0 unspecified atom stereocenters. The van der Waals surface area contributed by atoms with Gasteiger partial charge in [0.05, 0.1) is 25.6 Å². The third-order valence-electron chi connectivity index (χ3n) is 4.49. The molecule has 0 spiro atoms. The van der Waals surface area contributed by atoms with Gasteiger partial charge in [0.25, 0.3) is 0 Å². The number of thiazole rings is 1. The van der Waals surface area contributed by atoms with Gasteiger partial charge in [-0.2, -0.15) is 0 Å². The van der Waals surface area contributed by atoms with E-state index in [1.54, 1.807) is 31.3 Å². The van der Waals surface area contributed by atoms with E-state index in [9.17, 15) is 4.79 Å². The Morgan fingerprint density at radius 1 is 1.07 bits per heavy atom. The molecular formula is C22H23ClN2O3S. The molecule has 0 bridgehead atoms. The van der Waals surface area contributed by atoms with Gasteiger partial charge in [0, 0.05) is 28.0 Å². The van der Waals surface area contributed by atoms with Gasteiger partial charge < -0.3 is 9.47 Å². The van der Waals surface area contributed by atoms with Crippen molar-refractivity contribution >= 4 is 39.7 Å². The highest BCUT2D eigenvalue weighted by Gasteiger charge is 2.24. The van der Waals surface area contributed by atoms with Crippen LogP contribution >= 0.6 is 22.9 Å². The summed E-state index contributed by atoms with van der Waals surface area (Å²) < 4.78 is 10.7. The summed E-state index contributed by atoms with van der Waals surface area (Å²) in [4.78, 5) is 20.4. The van der Waals surface area contributed by atoms with Crippen molar-refractivity contribution in [3.8, 4) is 22.8 Å². The van der Waals surface area contributed by atoms with Gasteiger partial charge in [-0.15, -0.1) is 11.3 Å². The van der Waals surface area contributed by atoms with Crippen LogP contribution in [0.15, 0.2) is 42.5 Å². The molecule has 29 heavy (non-hydrogen) atoms. The summed E-state index contributed by atoms with van der Waals surface area (Å²) in [6.07, 6.45) is 1.17. The molecule has 0 aliphatic heterocycles. The molecule has 1 aromatic heterocycles. The number of benzene rings is 2. The molecule has 2 aromatic carbocycles. The fourth-order valence-electron chi connectivity index (χ4n) is 2.99. The van der Waals surface area contributed by atoms with E-state index >= 15 is 0 Å². The minimum Gasteiger partial charge on any atom is -0.493 e. The van der Waals surface area contributed by atoms with Crippen LogP contribution in [0.4, 0.5) is 10.8 Å². The van der Waals surface area contributed by atoms with E-state index in [4.69, 9.17) is 26.1 Å². The van der Waals surface area contributed by atoms with E-state index in [0.717, 1.165) is 22.6 Å². The van der Waals surface area contributed by atoms with Gasteiger partial charge in [-0.1, -0.05) is 37.6 Å². The number of rotatable bonds is 7. The van der Waals surface area contributed by atoms with Crippen molar-refractivity contribution in [1.82, 2.24) is 4.98 Å². The largest absolute Gasteiger partial charge is 0.493 e. The second-order valence-corrected chi connectivity index (χ2v) is 7.75. The molecule has 0 fully saturated rings. The van der Waals surface area contributed by atoms with Gasteiger partial charge in [-0.25, -0.2) is 4.98 Å². The molecule has 0 atom stereocenters. The summed E-state index contributed by atoms with van der Waals surface area (Å²) >= 11 is 7.55. The van der Waals surface area contributed by atoms with E-state index in [1.807, 2.05) is 37.3 Å². The maximum Gasteiger partial charge on any atom is 0.233 e. The predicted molar refractivity (Wildman–Crippen MR) is 119 cm³/mol. The third kappa shape index (κ3) is 4.38. The smallest absolute Gasteiger partial charge is 0.233 e. The first kappa shape index (κ1) is 21.1. The van der Waals surface area contributed by atoms with Crippen LogP contribution in [0.3, 0.4) is 0 Å². The monoisotopic (exact) mass is 430 g/mol. The van der Waals surface area contributed by atoms with Crippen molar-refractivity contribution in [2.24, 2.45) is 0 Å². The number of aromatic nitrogens is 1. The van der Waals surface area contributed by atoms with Crippen molar-refractivity contribution < 1.29 is 14.3 Å². The Morgan fingerprint density at radius 3 is 2.34 bits per heavy atom. The van der Waals surface area contributed by atoms with Crippen LogP contribution in [0.5, 0.6) is 11.5 Å². The van der Waals surface area contributed by atoms with Crippen LogP contribution in [0.1, 0.15) is 25.1 Å². The summed E-state index contributed by atoms with van der Waals surface area (Å²) in [5.41, 5.74) is 2.54. The van der Waals surface area contributed by atoms with Crippen LogP contribution in [0.25, 0.3) is 11.3 Å². The first-order valence-corrected chi connectivity index (χ1v) is 10.5. The molecule has 152 valence electrons. The number of ether oxygens (including phenoxy) is 2. The maximum atomic E-state index is 12.9. The van der Waals surface area contributed by atoms with Crippen LogP contribution in [-0.4, -0.2) is 25.1 Å². The van der Waals surface area contributed by atoms with Gasteiger partial charge in [-0.05, 0) is 30.7 Å². The Kier molecular flexibility index (Phi) is 6.77. The lowest BCUT2D eigenvalue weighted by Crippen LogP contribution is -2.24. The lowest BCUT2D eigenvalue weighted by atomic mass is 10.1. The first-order valence-electron chi connectivity index (χ1n) is 9.32. The number of anilines is 2. The van der Waals surface area contributed by atoms with Crippen LogP contribution < -0.4 is 14.4 Å². The Balaban J connectivity index is 2.11. The Bertz CT molecular complexity index is 1000. The Labute approximate surface area is 179 Å². The highest BCUT2D eigenvalue weighted by Crippen LogP contribution is 2.39. The number of aryl methyl sites for hydroxylation is 1. The van der Waals surface area contributed by atoms with E-state index < -0.39 is 0 Å². The van der Waals surface area contributed by atoms with Crippen molar-refractivity contribution in [2.45, 2.75) is 26.7 Å². The van der Waals surface area contributed by atoms with Crippen LogP contribution in [0.2, 0.25) is 5.02 Å². The number of nitrogens with zero attached hydrogens (tertiary/aromatic N) is 2. The molecule has 0 saturated heterocycles. The molecule has 7 heteroatoms. The Morgan fingerprint density at radius 2 is 1.76 bits per heavy atom. The average molecular weight is 431 g/mol. The molecule has 1 heterocycles. The number of methoxy groups -OCH3 is 2. The highest BCUT2D eigenvalue weighted by molar-refractivity contribution is 7.16. The number of carbonyl (C=O) groups excluding carboxylic acids is 1. The number of hydrogen-bond donors (Lipinski definition) is 0. The standard InChI is InChI=1S/C22H23ClN2O3S/c1-5-19-21(14-7-9-15(23)10-8-14)24-22(29-19)25(20(26)6-2)16-11-12-17(27-3)18(13-16)28-4/h7-13H,5-6H2,1-4H3. The zero-order chi connectivity index (χ0) is 21.0. The van der Waals surface area contributed by atoms with Crippen molar-refractivity contribution in [2.75, 3.05) is 19.1 Å². The summed E-state index contributed by atoms with van der Waals surface area (Å²) in [6.45, 7) is 3.92. The molecule has 0 radical (unpaired) electrons. The predicted octanol–water partition coefficient (Wildman–Crippen LogP) is 6.12. The van der Waals surface area contributed by atoms with E-state index in [1.165, 1.54) is 11.3 Å². The minimum absolute atomic E-state index is 0.0451. The van der Waals surface area contributed by atoms with Crippen molar-refractivity contribution in [3.05, 3.63) is 52.4 Å². The lowest BCUT2D eigenvalue weighted by molar-refractivity contribution is -0.117. The van der Waals surface area contributed by atoms with Gasteiger partial charge in [0.15, 0.2) is 16.6 Å². The second-order valence-electron chi connectivity index (χ2n) is 6.25. The average Bonchev–Trinajstić information content (AvgIpc) is 3.17. The molecule has 0 saturated carbocycles. The molecule has 5 nitrogen and oxygen atoms in total. The van der Waals surface area contributed by atoms with Gasteiger partial charge in [-0.3, -0.25) is 9.69 Å². The molecule has 0 aliphatic carbocycles. The second kappa shape index (κ2) is 9.29. The topological polar surface area (TPSA) is 51.7 Å². The summed E-state index contributed by atoms with van der Waals surface area (Å²) in [5, 5.41) is 1.31. The van der Waals surface area contributed by atoms with Gasteiger partial charge in [0.1, 0.15) is 0 Å². The SMILES string of the molecule is CCC(=O)N(c1ccc(OC)c(OC)c1)c1nc(-c2ccc(Cl)cc2)c(CC)s1. The molecule has 3 rings (SSSR count). The normalized spacial score (nSPS) is 10.7. The maximum absolute atomic E-state index is 12.9. The van der Waals surface area contributed by atoms with Crippen LogP contribution in [-0.2, 0) is 11.2 Å². The van der Waals surface area contributed by atoms with Crippen LogP contribution in [0, 0.1) is 0 Å². The molecule has 3 aromatic rings. The fraction of sp³-hybridized carbons (Fsp3) is 0.273. The summed E-state index contributed by atoms with van der Waals surface area (Å²) in [5.74, 6) is 1.12. The van der Waals surface area contributed by atoms with Crippen molar-refractivity contribution in [3.63, 3.8) is 0 Å². The zero-order valence-electron chi connectivity index (χ0n) is 16.9. The van der Waals surface area contributed by atoms with Crippen molar-refractivity contribution in [1.29, 1.82) is 0 Å². The van der Waals surface area contributed by atoms with E-state index in [2.05, 4.69) is 6.92 Å². The summed E-state index contributed by atoms with van der Waals surface area (Å²) in [6, 6.07) is 13.0. The highest BCUT2D eigenvalue weighted by atomic mass is 35.5. The molecule has 1 amide bonds. The van der Waals surface area contributed by atoms with E-state index in [0.29, 0.717) is 33.8 Å². The Hall–Kier alpha value is -2.57. The fourth-order valence-corrected chi connectivity index (χ4v) is 4.18. The zero-order valence-corrected chi connectivity index (χ0v) is 18.4. The number of hydrogen-bond acceptors (Lipinski definition) is 5. The summed E-state index contributed by atoms with van der Waals surface area (Å²) in [7, 11) is 3.16. The molecule has 0 aliphatic rings. The number of carbonyl (C=O) groups is 1. The lowest BCUT2D eigenvalue weighted by Gasteiger charge is -2.20. The van der Waals surface area contributed by atoms with E-state index in [-0.39, 0.29) is 5.91 Å². The number of halogens is 1. The third-order valence-corrected chi connectivity index (χ3v) is 5.93. The van der Waals surface area contributed by atoms with Gasteiger partial charge >= 0.3 is 0 Å². The first-order chi connectivity index (χ1) is 14.0.